The quantitative estimate of drug-likeness (QED) is 0.770. The molecule has 0 saturated carbocycles. The van der Waals surface area contributed by atoms with Crippen LogP contribution in [-0.4, -0.2) is 54.3 Å². The minimum atomic E-state index is -0.444. The number of benzene rings is 1. The maximum Gasteiger partial charge on any atom is 0.410 e. The SMILES string of the molecule is CCOc1cc(Br)cc(CN2CCN(C(=O)OC(C)(C)C)CC2)c1. The van der Waals surface area contributed by atoms with Crippen molar-refractivity contribution in [3.05, 3.63) is 28.2 Å². The van der Waals surface area contributed by atoms with Crippen molar-refractivity contribution in [2.75, 3.05) is 32.8 Å². The lowest BCUT2D eigenvalue weighted by Crippen LogP contribution is -2.49. The van der Waals surface area contributed by atoms with E-state index in [9.17, 15) is 4.79 Å². The second-order valence-electron chi connectivity index (χ2n) is 6.97. The number of hydrogen-bond donors (Lipinski definition) is 0. The second-order valence-corrected chi connectivity index (χ2v) is 7.89. The maximum atomic E-state index is 12.1. The normalized spacial score (nSPS) is 16.1. The minimum Gasteiger partial charge on any atom is -0.494 e. The third-order valence-corrected chi connectivity index (χ3v) is 4.13. The standard InChI is InChI=1S/C18H27BrN2O3/c1-5-23-16-11-14(10-15(19)12-16)13-20-6-8-21(9-7-20)17(22)24-18(2,3)4/h10-12H,5-9,13H2,1-4H3. The van der Waals surface area contributed by atoms with Gasteiger partial charge in [0.15, 0.2) is 0 Å². The van der Waals surface area contributed by atoms with Crippen LogP contribution in [0.3, 0.4) is 0 Å². The number of rotatable bonds is 4. The summed E-state index contributed by atoms with van der Waals surface area (Å²) in [7, 11) is 0. The van der Waals surface area contributed by atoms with Crippen LogP contribution < -0.4 is 4.74 Å². The van der Waals surface area contributed by atoms with Gasteiger partial charge in [-0.2, -0.15) is 0 Å². The van der Waals surface area contributed by atoms with Gasteiger partial charge in [0.1, 0.15) is 11.4 Å². The molecular formula is C18H27BrN2O3. The molecule has 0 unspecified atom stereocenters. The summed E-state index contributed by atoms with van der Waals surface area (Å²) >= 11 is 3.54. The zero-order valence-electron chi connectivity index (χ0n) is 15.0. The topological polar surface area (TPSA) is 42.0 Å². The Morgan fingerprint density at radius 2 is 1.83 bits per heavy atom. The van der Waals surface area contributed by atoms with E-state index in [0.717, 1.165) is 29.9 Å². The van der Waals surface area contributed by atoms with Crippen LogP contribution in [0.1, 0.15) is 33.3 Å². The van der Waals surface area contributed by atoms with Gasteiger partial charge in [-0.25, -0.2) is 4.79 Å². The van der Waals surface area contributed by atoms with Gasteiger partial charge in [-0.15, -0.1) is 0 Å². The first-order chi connectivity index (χ1) is 11.3. The van der Waals surface area contributed by atoms with Crippen molar-refractivity contribution in [3.63, 3.8) is 0 Å². The molecule has 1 aliphatic heterocycles. The van der Waals surface area contributed by atoms with Crippen molar-refractivity contribution in [1.82, 2.24) is 9.80 Å². The van der Waals surface area contributed by atoms with Crippen LogP contribution in [0.2, 0.25) is 0 Å². The number of amides is 1. The average molecular weight is 399 g/mol. The zero-order valence-corrected chi connectivity index (χ0v) is 16.6. The number of carbonyl (C=O) groups is 1. The van der Waals surface area contributed by atoms with Gasteiger partial charge in [-0.3, -0.25) is 4.90 Å². The highest BCUT2D eigenvalue weighted by Crippen LogP contribution is 2.23. The van der Waals surface area contributed by atoms with Crippen molar-refractivity contribution in [1.29, 1.82) is 0 Å². The number of piperazine rings is 1. The lowest BCUT2D eigenvalue weighted by atomic mass is 10.2. The highest BCUT2D eigenvalue weighted by atomic mass is 79.9. The van der Waals surface area contributed by atoms with Crippen LogP contribution >= 0.6 is 15.9 Å². The molecule has 1 heterocycles. The van der Waals surface area contributed by atoms with Crippen molar-refractivity contribution in [2.45, 2.75) is 39.8 Å². The summed E-state index contributed by atoms with van der Waals surface area (Å²) in [6, 6.07) is 6.17. The summed E-state index contributed by atoms with van der Waals surface area (Å²) in [4.78, 5) is 16.2. The summed E-state index contributed by atoms with van der Waals surface area (Å²) < 4.78 is 12.1. The molecule has 0 spiro atoms. The first-order valence-electron chi connectivity index (χ1n) is 8.39. The molecule has 24 heavy (non-hydrogen) atoms. The Kier molecular flexibility index (Phi) is 6.52. The highest BCUT2D eigenvalue weighted by Gasteiger charge is 2.25. The molecule has 0 atom stereocenters. The number of nitrogens with zero attached hydrogens (tertiary/aromatic N) is 2. The molecule has 1 saturated heterocycles. The Balaban J connectivity index is 1.88. The van der Waals surface area contributed by atoms with Gasteiger partial charge in [-0.1, -0.05) is 15.9 Å². The lowest BCUT2D eigenvalue weighted by Gasteiger charge is -2.35. The van der Waals surface area contributed by atoms with Crippen LogP contribution in [0.25, 0.3) is 0 Å². The molecule has 0 N–H and O–H groups in total. The van der Waals surface area contributed by atoms with Crippen LogP contribution in [0.4, 0.5) is 4.79 Å². The molecule has 0 aliphatic carbocycles. The molecule has 1 aliphatic rings. The molecule has 1 aromatic rings. The smallest absolute Gasteiger partial charge is 0.410 e. The molecule has 134 valence electrons. The predicted octanol–water partition coefficient (Wildman–Crippen LogP) is 3.90. The van der Waals surface area contributed by atoms with Crippen LogP contribution in [0, 0.1) is 0 Å². The maximum absolute atomic E-state index is 12.1. The molecule has 2 rings (SSSR count). The summed E-state index contributed by atoms with van der Waals surface area (Å²) in [5.74, 6) is 0.884. The number of carbonyl (C=O) groups excluding carboxylic acids is 1. The number of halogens is 1. The lowest BCUT2D eigenvalue weighted by molar-refractivity contribution is 0.0139. The van der Waals surface area contributed by atoms with E-state index in [4.69, 9.17) is 9.47 Å². The molecule has 5 nitrogen and oxygen atoms in total. The van der Waals surface area contributed by atoms with E-state index < -0.39 is 5.60 Å². The Morgan fingerprint density at radius 1 is 1.17 bits per heavy atom. The van der Waals surface area contributed by atoms with Crippen molar-refractivity contribution >= 4 is 22.0 Å². The van der Waals surface area contributed by atoms with Gasteiger partial charge in [-0.05, 0) is 51.5 Å². The Bertz CT molecular complexity index is 564. The van der Waals surface area contributed by atoms with E-state index >= 15 is 0 Å². The summed E-state index contributed by atoms with van der Waals surface area (Å²) in [6.45, 7) is 12.2. The summed E-state index contributed by atoms with van der Waals surface area (Å²) in [6.07, 6.45) is -0.219. The van der Waals surface area contributed by atoms with Gasteiger partial charge in [0.05, 0.1) is 6.61 Å². The Hall–Kier alpha value is -1.27. The van der Waals surface area contributed by atoms with E-state index in [-0.39, 0.29) is 6.09 Å². The van der Waals surface area contributed by atoms with Gasteiger partial charge in [0.25, 0.3) is 0 Å². The molecule has 1 fully saturated rings. The van der Waals surface area contributed by atoms with E-state index in [0.29, 0.717) is 19.7 Å². The molecule has 0 aromatic heterocycles. The van der Waals surface area contributed by atoms with Crippen LogP contribution in [0.15, 0.2) is 22.7 Å². The van der Waals surface area contributed by atoms with Gasteiger partial charge in [0, 0.05) is 37.2 Å². The molecule has 0 bridgehead atoms. The van der Waals surface area contributed by atoms with E-state index in [1.54, 1.807) is 4.90 Å². The van der Waals surface area contributed by atoms with E-state index in [1.807, 2.05) is 33.8 Å². The van der Waals surface area contributed by atoms with Crippen molar-refractivity contribution in [2.24, 2.45) is 0 Å². The first kappa shape index (κ1) is 19.1. The Morgan fingerprint density at radius 3 is 2.42 bits per heavy atom. The molecule has 0 radical (unpaired) electrons. The minimum absolute atomic E-state index is 0.219. The fourth-order valence-corrected chi connectivity index (χ4v) is 3.15. The van der Waals surface area contributed by atoms with Gasteiger partial charge >= 0.3 is 6.09 Å². The average Bonchev–Trinajstić information content (AvgIpc) is 2.46. The Labute approximate surface area is 153 Å². The largest absolute Gasteiger partial charge is 0.494 e. The fraction of sp³-hybridized carbons (Fsp3) is 0.611. The first-order valence-corrected chi connectivity index (χ1v) is 9.18. The fourth-order valence-electron chi connectivity index (χ4n) is 2.64. The van der Waals surface area contributed by atoms with Crippen LogP contribution in [0.5, 0.6) is 5.75 Å². The highest BCUT2D eigenvalue weighted by molar-refractivity contribution is 9.10. The monoisotopic (exact) mass is 398 g/mol. The number of hydrogen-bond acceptors (Lipinski definition) is 4. The predicted molar refractivity (Wildman–Crippen MR) is 98.4 cm³/mol. The zero-order chi connectivity index (χ0) is 17.7. The second kappa shape index (κ2) is 8.21. The summed E-state index contributed by atoms with van der Waals surface area (Å²) in [5.41, 5.74) is 0.763. The molecular weight excluding hydrogens is 372 g/mol. The van der Waals surface area contributed by atoms with Gasteiger partial charge in [0.2, 0.25) is 0 Å². The van der Waals surface area contributed by atoms with Crippen molar-refractivity contribution in [3.8, 4) is 5.75 Å². The number of ether oxygens (including phenoxy) is 2. The molecule has 1 amide bonds. The third-order valence-electron chi connectivity index (χ3n) is 3.67. The third kappa shape index (κ3) is 5.98. The van der Waals surface area contributed by atoms with Crippen LogP contribution in [-0.2, 0) is 11.3 Å². The van der Waals surface area contributed by atoms with Crippen molar-refractivity contribution < 1.29 is 14.3 Å². The van der Waals surface area contributed by atoms with Gasteiger partial charge < -0.3 is 14.4 Å². The molecule has 1 aromatic carbocycles. The molecule has 6 heteroatoms. The van der Waals surface area contributed by atoms with E-state index in [2.05, 4.69) is 33.0 Å². The van der Waals surface area contributed by atoms with E-state index in [1.165, 1.54) is 5.56 Å². The summed E-state index contributed by atoms with van der Waals surface area (Å²) in [5, 5.41) is 0.